The minimum absolute atomic E-state index is 0.0311. The Kier molecular flexibility index (Phi) is 4.41. The van der Waals surface area contributed by atoms with Crippen LogP contribution in [0.2, 0.25) is 5.02 Å². The predicted octanol–water partition coefficient (Wildman–Crippen LogP) is 2.74. The van der Waals surface area contributed by atoms with Gasteiger partial charge in [0.25, 0.3) is 0 Å². The Balaban J connectivity index is 2.32. The third-order valence-corrected chi connectivity index (χ3v) is 4.25. The van der Waals surface area contributed by atoms with Crippen LogP contribution >= 0.6 is 11.6 Å². The Morgan fingerprint density at radius 2 is 1.86 bits per heavy atom. The van der Waals surface area contributed by atoms with Gasteiger partial charge in [-0.1, -0.05) is 29.8 Å². The first kappa shape index (κ1) is 15.6. The third kappa shape index (κ3) is 3.87. The van der Waals surface area contributed by atoms with Crippen molar-refractivity contribution in [1.82, 2.24) is 0 Å². The fourth-order valence-electron chi connectivity index (χ4n) is 2.02. The molecule has 2 rings (SSSR count). The van der Waals surface area contributed by atoms with E-state index in [1.807, 2.05) is 25.1 Å². The third-order valence-electron chi connectivity index (χ3n) is 3.01. The summed E-state index contributed by atoms with van der Waals surface area (Å²) in [6.45, 7) is 1.92. The molecule has 112 valence electrons. The zero-order valence-corrected chi connectivity index (χ0v) is 12.9. The van der Waals surface area contributed by atoms with Gasteiger partial charge in [-0.15, -0.1) is 0 Å². The molecule has 0 bridgehead atoms. The molecule has 7 heteroatoms. The molecule has 2 aromatic rings. The first-order valence-electron chi connectivity index (χ1n) is 6.21. The summed E-state index contributed by atoms with van der Waals surface area (Å²) < 4.78 is 22.8. The van der Waals surface area contributed by atoms with Crippen molar-refractivity contribution in [2.45, 2.75) is 17.9 Å². The minimum Gasteiger partial charge on any atom is -0.399 e. The van der Waals surface area contributed by atoms with Crippen molar-refractivity contribution in [1.29, 1.82) is 0 Å². The molecule has 0 aliphatic rings. The molecule has 0 radical (unpaired) electrons. The summed E-state index contributed by atoms with van der Waals surface area (Å²) >= 11 is 6.14. The molecule has 1 atom stereocenters. The highest BCUT2D eigenvalue weighted by Gasteiger charge is 2.13. The number of nitrogens with two attached hydrogens (primary N) is 2. The van der Waals surface area contributed by atoms with E-state index in [1.165, 1.54) is 12.1 Å². The lowest BCUT2D eigenvalue weighted by Gasteiger charge is -2.18. The normalized spacial score (nSPS) is 12.9. The first-order chi connectivity index (χ1) is 9.77. The van der Waals surface area contributed by atoms with E-state index >= 15 is 0 Å². The summed E-state index contributed by atoms with van der Waals surface area (Å²) in [6, 6.07) is 11.7. The number of hydrogen-bond acceptors (Lipinski definition) is 4. The fourth-order valence-corrected chi connectivity index (χ4v) is 2.91. The molecule has 0 amide bonds. The largest absolute Gasteiger partial charge is 0.399 e. The summed E-state index contributed by atoms with van der Waals surface area (Å²) in [5.74, 6) is 0. The van der Waals surface area contributed by atoms with Crippen molar-refractivity contribution < 1.29 is 8.42 Å². The zero-order chi connectivity index (χ0) is 15.6. The van der Waals surface area contributed by atoms with E-state index in [1.54, 1.807) is 12.1 Å². The van der Waals surface area contributed by atoms with Gasteiger partial charge in [-0.05, 0) is 36.8 Å². The number of nitrogen functional groups attached to an aromatic ring is 1. The zero-order valence-electron chi connectivity index (χ0n) is 11.4. The number of sulfonamides is 1. The molecule has 0 spiro atoms. The van der Waals surface area contributed by atoms with Crippen LogP contribution in [0.4, 0.5) is 11.4 Å². The van der Waals surface area contributed by atoms with Crippen LogP contribution in [0.5, 0.6) is 0 Å². The minimum atomic E-state index is -3.80. The summed E-state index contributed by atoms with van der Waals surface area (Å²) in [6.07, 6.45) is 0. The predicted molar refractivity (Wildman–Crippen MR) is 85.7 cm³/mol. The highest BCUT2D eigenvalue weighted by Crippen LogP contribution is 2.27. The van der Waals surface area contributed by atoms with Gasteiger partial charge in [0.2, 0.25) is 10.0 Å². The molecule has 1 unspecified atom stereocenters. The highest BCUT2D eigenvalue weighted by molar-refractivity contribution is 7.89. The molecule has 5 nitrogen and oxygen atoms in total. The molecule has 21 heavy (non-hydrogen) atoms. The van der Waals surface area contributed by atoms with E-state index in [4.69, 9.17) is 22.5 Å². The molecule has 0 heterocycles. The Morgan fingerprint density at radius 1 is 1.19 bits per heavy atom. The summed E-state index contributed by atoms with van der Waals surface area (Å²) in [4.78, 5) is -0.0311. The van der Waals surface area contributed by atoms with Crippen LogP contribution in [-0.4, -0.2) is 8.42 Å². The number of rotatable bonds is 4. The molecule has 0 aliphatic heterocycles. The average molecular weight is 326 g/mol. The number of anilines is 2. The van der Waals surface area contributed by atoms with Crippen molar-refractivity contribution in [2.75, 3.05) is 11.1 Å². The number of hydrogen-bond donors (Lipinski definition) is 3. The highest BCUT2D eigenvalue weighted by atomic mass is 35.5. The van der Waals surface area contributed by atoms with Gasteiger partial charge in [0, 0.05) is 22.4 Å². The maximum atomic E-state index is 11.4. The second-order valence-corrected chi connectivity index (χ2v) is 6.69. The number of primary sulfonamides is 1. The Morgan fingerprint density at radius 3 is 2.48 bits per heavy atom. The molecule has 0 aromatic heterocycles. The molecule has 0 fully saturated rings. The molecule has 0 aliphatic carbocycles. The maximum absolute atomic E-state index is 11.4. The van der Waals surface area contributed by atoms with Crippen molar-refractivity contribution in [3.05, 3.63) is 53.1 Å². The van der Waals surface area contributed by atoms with Gasteiger partial charge in [0.1, 0.15) is 0 Å². The van der Waals surface area contributed by atoms with E-state index in [-0.39, 0.29) is 10.9 Å². The van der Waals surface area contributed by atoms with Gasteiger partial charge in [-0.2, -0.15) is 0 Å². The van der Waals surface area contributed by atoms with Crippen LogP contribution in [0.3, 0.4) is 0 Å². The van der Waals surface area contributed by atoms with Gasteiger partial charge in [-0.25, -0.2) is 13.6 Å². The molecule has 2 aromatic carbocycles. The van der Waals surface area contributed by atoms with Crippen LogP contribution in [-0.2, 0) is 10.0 Å². The lowest BCUT2D eigenvalue weighted by molar-refractivity contribution is 0.598. The first-order valence-corrected chi connectivity index (χ1v) is 8.14. The van der Waals surface area contributed by atoms with Crippen molar-refractivity contribution in [3.63, 3.8) is 0 Å². The van der Waals surface area contributed by atoms with Crippen molar-refractivity contribution in [3.8, 4) is 0 Å². The topological polar surface area (TPSA) is 98.2 Å². The molecular formula is C14H16ClN3O2S. The van der Waals surface area contributed by atoms with Gasteiger partial charge < -0.3 is 11.1 Å². The number of benzene rings is 2. The standard InChI is InChI=1S/C14H16ClN3O2S/c1-9(13-4-2-3-5-14(13)15)18-11-6-10(16)7-12(8-11)21(17,19)20/h2-9,18H,16H2,1H3,(H2,17,19,20). The number of halogens is 1. The van der Waals surface area contributed by atoms with Crippen molar-refractivity contribution in [2.24, 2.45) is 5.14 Å². The maximum Gasteiger partial charge on any atom is 0.238 e. The Bertz CT molecular complexity index is 763. The molecule has 0 saturated heterocycles. The van der Waals surface area contributed by atoms with Gasteiger partial charge in [0.15, 0.2) is 0 Å². The summed E-state index contributed by atoms with van der Waals surface area (Å²) in [7, 11) is -3.80. The smallest absolute Gasteiger partial charge is 0.238 e. The average Bonchev–Trinajstić information content (AvgIpc) is 2.37. The van der Waals surface area contributed by atoms with Crippen LogP contribution in [0, 0.1) is 0 Å². The monoisotopic (exact) mass is 325 g/mol. The van der Waals surface area contributed by atoms with Crippen LogP contribution in [0.1, 0.15) is 18.5 Å². The summed E-state index contributed by atoms with van der Waals surface area (Å²) in [5.41, 5.74) is 7.49. The van der Waals surface area contributed by atoms with E-state index in [0.717, 1.165) is 5.56 Å². The summed E-state index contributed by atoms with van der Waals surface area (Å²) in [5, 5.41) is 8.93. The van der Waals surface area contributed by atoms with E-state index in [9.17, 15) is 8.42 Å². The lowest BCUT2D eigenvalue weighted by Crippen LogP contribution is -2.14. The second kappa shape index (κ2) is 5.93. The van der Waals surface area contributed by atoms with Gasteiger partial charge >= 0.3 is 0 Å². The van der Waals surface area contributed by atoms with Gasteiger partial charge in [-0.3, -0.25) is 0 Å². The fraction of sp³-hybridized carbons (Fsp3) is 0.143. The van der Waals surface area contributed by atoms with Crippen LogP contribution < -0.4 is 16.2 Å². The van der Waals surface area contributed by atoms with E-state index < -0.39 is 10.0 Å². The molecular weight excluding hydrogens is 310 g/mol. The van der Waals surface area contributed by atoms with Gasteiger partial charge in [0.05, 0.1) is 4.90 Å². The lowest BCUT2D eigenvalue weighted by atomic mass is 10.1. The Labute approximate surface area is 129 Å². The van der Waals surface area contributed by atoms with E-state index in [2.05, 4.69) is 5.32 Å². The SMILES string of the molecule is CC(Nc1cc(N)cc(S(N)(=O)=O)c1)c1ccccc1Cl. The van der Waals surface area contributed by atoms with Crippen LogP contribution in [0.25, 0.3) is 0 Å². The second-order valence-electron chi connectivity index (χ2n) is 4.72. The molecule has 0 saturated carbocycles. The van der Waals surface area contributed by atoms with E-state index in [0.29, 0.717) is 16.4 Å². The van der Waals surface area contributed by atoms with Crippen molar-refractivity contribution >= 4 is 33.0 Å². The quantitative estimate of drug-likeness (QED) is 0.753. The Hall–Kier alpha value is -1.76. The van der Waals surface area contributed by atoms with Crippen LogP contribution in [0.15, 0.2) is 47.4 Å². The number of nitrogens with one attached hydrogen (secondary N) is 1. The molecule has 5 N–H and O–H groups in total.